The van der Waals surface area contributed by atoms with E-state index in [0.717, 1.165) is 36.9 Å². The van der Waals surface area contributed by atoms with Crippen molar-refractivity contribution in [3.63, 3.8) is 0 Å². The molecule has 5 heteroatoms. The third-order valence-corrected chi connectivity index (χ3v) is 3.02. The zero-order valence-corrected chi connectivity index (χ0v) is 14.5. The zero-order chi connectivity index (χ0) is 16.4. The molecular weight excluding hydrogens is 276 g/mol. The van der Waals surface area contributed by atoms with Crippen molar-refractivity contribution in [2.24, 2.45) is 4.99 Å². The molecule has 0 heterocycles. The molecule has 3 N–H and O–H groups in total. The highest BCUT2D eigenvalue weighted by Crippen LogP contribution is 2.17. The van der Waals surface area contributed by atoms with Crippen LogP contribution in [0.25, 0.3) is 0 Å². The molecule has 0 saturated carbocycles. The minimum atomic E-state index is 0.134. The fourth-order valence-electron chi connectivity index (χ4n) is 1.96. The minimum Gasteiger partial charge on any atom is -0.496 e. The fraction of sp³-hybridized carbons (Fsp3) is 0.588. The maximum atomic E-state index is 5.35. The van der Waals surface area contributed by atoms with Gasteiger partial charge in [-0.3, -0.25) is 0 Å². The second kappa shape index (κ2) is 9.30. The first-order chi connectivity index (χ1) is 10.5. The minimum absolute atomic E-state index is 0.134. The largest absolute Gasteiger partial charge is 0.496 e. The van der Waals surface area contributed by atoms with Crippen molar-refractivity contribution in [2.75, 3.05) is 26.7 Å². The Morgan fingerprint density at radius 2 is 1.86 bits per heavy atom. The predicted molar refractivity (Wildman–Crippen MR) is 93.6 cm³/mol. The van der Waals surface area contributed by atoms with Gasteiger partial charge < -0.3 is 20.7 Å². The highest BCUT2D eigenvalue weighted by atomic mass is 16.5. The molecule has 1 aromatic rings. The smallest absolute Gasteiger partial charge is 0.191 e. The van der Waals surface area contributed by atoms with Gasteiger partial charge in [-0.1, -0.05) is 18.2 Å². The molecule has 0 bridgehead atoms. The quantitative estimate of drug-likeness (QED) is 0.410. The third kappa shape index (κ3) is 7.31. The first-order valence-corrected chi connectivity index (χ1v) is 7.85. The Bertz CT molecular complexity index is 466. The molecule has 0 atom stereocenters. The Hall–Kier alpha value is -1.75. The van der Waals surface area contributed by atoms with Crippen LogP contribution < -0.4 is 20.7 Å². The number of aliphatic imine (C=N–C) groups is 1. The molecule has 1 rings (SSSR count). The van der Waals surface area contributed by atoms with E-state index >= 15 is 0 Å². The molecule has 0 aliphatic heterocycles. The van der Waals surface area contributed by atoms with Gasteiger partial charge in [-0.25, -0.2) is 4.99 Å². The molecule has 0 aliphatic rings. The summed E-state index contributed by atoms with van der Waals surface area (Å²) < 4.78 is 5.35. The van der Waals surface area contributed by atoms with Gasteiger partial charge in [0.25, 0.3) is 0 Å². The second-order valence-corrected chi connectivity index (χ2v) is 6.11. The van der Waals surface area contributed by atoms with Gasteiger partial charge in [0.1, 0.15) is 5.75 Å². The SMILES string of the molecule is CCNC(=NCc1ccccc1OC)NCCNC(C)(C)C. The normalized spacial score (nSPS) is 12.1. The van der Waals surface area contributed by atoms with E-state index in [4.69, 9.17) is 4.74 Å². The predicted octanol–water partition coefficient (Wildman–Crippen LogP) is 2.14. The van der Waals surface area contributed by atoms with Crippen LogP contribution in [0.3, 0.4) is 0 Å². The Labute approximate surface area is 134 Å². The monoisotopic (exact) mass is 306 g/mol. The molecule has 5 nitrogen and oxygen atoms in total. The standard InChI is InChI=1S/C17H30N4O/c1-6-18-16(19-11-12-21-17(2,3)4)20-13-14-9-7-8-10-15(14)22-5/h7-10,21H,6,11-13H2,1-5H3,(H2,18,19,20). The zero-order valence-electron chi connectivity index (χ0n) is 14.5. The summed E-state index contributed by atoms with van der Waals surface area (Å²) in [6.07, 6.45) is 0. The average Bonchev–Trinajstić information content (AvgIpc) is 2.48. The van der Waals surface area contributed by atoms with Crippen molar-refractivity contribution in [1.29, 1.82) is 0 Å². The fourth-order valence-corrected chi connectivity index (χ4v) is 1.96. The van der Waals surface area contributed by atoms with E-state index in [0.29, 0.717) is 6.54 Å². The number of benzene rings is 1. The molecule has 124 valence electrons. The summed E-state index contributed by atoms with van der Waals surface area (Å²) in [6.45, 7) is 11.7. The molecule has 0 saturated heterocycles. The molecule has 0 radical (unpaired) electrons. The lowest BCUT2D eigenvalue weighted by Crippen LogP contribution is -2.44. The van der Waals surface area contributed by atoms with Gasteiger partial charge in [0.05, 0.1) is 13.7 Å². The Kier molecular flexibility index (Phi) is 7.74. The number of guanidine groups is 1. The molecule has 1 aromatic carbocycles. The first-order valence-electron chi connectivity index (χ1n) is 7.85. The Morgan fingerprint density at radius 1 is 1.14 bits per heavy atom. The van der Waals surface area contributed by atoms with Crippen LogP contribution in [0.2, 0.25) is 0 Å². The Balaban J connectivity index is 2.54. The molecule has 0 fully saturated rings. The van der Waals surface area contributed by atoms with Crippen LogP contribution >= 0.6 is 0 Å². The molecule has 0 unspecified atom stereocenters. The van der Waals surface area contributed by atoms with E-state index in [1.807, 2.05) is 24.3 Å². The summed E-state index contributed by atoms with van der Waals surface area (Å²) >= 11 is 0. The second-order valence-electron chi connectivity index (χ2n) is 6.11. The maximum absolute atomic E-state index is 5.35. The van der Waals surface area contributed by atoms with Crippen molar-refractivity contribution in [3.05, 3.63) is 29.8 Å². The lowest BCUT2D eigenvalue weighted by atomic mass is 10.1. The lowest BCUT2D eigenvalue weighted by Gasteiger charge is -2.21. The summed E-state index contributed by atoms with van der Waals surface area (Å²) in [6, 6.07) is 7.96. The Morgan fingerprint density at radius 3 is 2.50 bits per heavy atom. The van der Waals surface area contributed by atoms with Gasteiger partial charge in [-0.2, -0.15) is 0 Å². The van der Waals surface area contributed by atoms with Crippen molar-refractivity contribution >= 4 is 5.96 Å². The van der Waals surface area contributed by atoms with E-state index in [2.05, 4.69) is 48.6 Å². The van der Waals surface area contributed by atoms with E-state index < -0.39 is 0 Å². The van der Waals surface area contributed by atoms with Crippen LogP contribution in [-0.4, -0.2) is 38.2 Å². The highest BCUT2D eigenvalue weighted by Gasteiger charge is 2.07. The van der Waals surface area contributed by atoms with Gasteiger partial charge in [-0.15, -0.1) is 0 Å². The summed E-state index contributed by atoms with van der Waals surface area (Å²) in [7, 11) is 1.68. The number of hydrogen-bond acceptors (Lipinski definition) is 3. The van der Waals surface area contributed by atoms with Crippen molar-refractivity contribution in [1.82, 2.24) is 16.0 Å². The molecular formula is C17H30N4O. The third-order valence-electron chi connectivity index (χ3n) is 3.02. The van der Waals surface area contributed by atoms with E-state index in [9.17, 15) is 0 Å². The summed E-state index contributed by atoms with van der Waals surface area (Å²) in [5, 5.41) is 10.0. The summed E-state index contributed by atoms with van der Waals surface area (Å²) in [5.41, 5.74) is 1.21. The number of ether oxygens (including phenoxy) is 1. The van der Waals surface area contributed by atoms with Crippen LogP contribution in [0, 0.1) is 0 Å². The number of para-hydroxylation sites is 1. The average molecular weight is 306 g/mol. The topological polar surface area (TPSA) is 57.7 Å². The van der Waals surface area contributed by atoms with Crippen LogP contribution in [0.15, 0.2) is 29.3 Å². The van der Waals surface area contributed by atoms with Crippen LogP contribution in [-0.2, 0) is 6.54 Å². The molecule has 0 amide bonds. The van der Waals surface area contributed by atoms with Gasteiger partial charge >= 0.3 is 0 Å². The van der Waals surface area contributed by atoms with Crippen LogP contribution in [0.1, 0.15) is 33.3 Å². The maximum Gasteiger partial charge on any atom is 0.191 e. The van der Waals surface area contributed by atoms with Crippen molar-refractivity contribution < 1.29 is 4.74 Å². The molecule has 0 aliphatic carbocycles. The molecule has 22 heavy (non-hydrogen) atoms. The van der Waals surface area contributed by atoms with Gasteiger partial charge in [0.15, 0.2) is 5.96 Å². The number of rotatable bonds is 7. The first kappa shape index (κ1) is 18.3. The van der Waals surface area contributed by atoms with E-state index in [1.165, 1.54) is 0 Å². The molecule has 0 aromatic heterocycles. The van der Waals surface area contributed by atoms with Crippen molar-refractivity contribution in [3.8, 4) is 5.75 Å². The van der Waals surface area contributed by atoms with E-state index in [-0.39, 0.29) is 5.54 Å². The van der Waals surface area contributed by atoms with Gasteiger partial charge in [0.2, 0.25) is 0 Å². The van der Waals surface area contributed by atoms with Crippen LogP contribution in [0.4, 0.5) is 0 Å². The number of nitrogens with one attached hydrogen (secondary N) is 3. The lowest BCUT2D eigenvalue weighted by molar-refractivity contribution is 0.410. The summed E-state index contributed by atoms with van der Waals surface area (Å²) in [4.78, 5) is 4.61. The highest BCUT2D eigenvalue weighted by molar-refractivity contribution is 5.79. The number of hydrogen-bond donors (Lipinski definition) is 3. The van der Waals surface area contributed by atoms with Gasteiger partial charge in [0, 0.05) is 30.7 Å². The number of methoxy groups -OCH3 is 1. The van der Waals surface area contributed by atoms with Crippen molar-refractivity contribution in [2.45, 2.75) is 39.8 Å². The summed E-state index contributed by atoms with van der Waals surface area (Å²) in [5.74, 6) is 1.70. The van der Waals surface area contributed by atoms with Gasteiger partial charge in [-0.05, 0) is 33.8 Å². The number of nitrogens with zero attached hydrogens (tertiary/aromatic N) is 1. The van der Waals surface area contributed by atoms with E-state index in [1.54, 1.807) is 7.11 Å². The molecule has 0 spiro atoms. The van der Waals surface area contributed by atoms with Crippen LogP contribution in [0.5, 0.6) is 5.75 Å².